The number of nitrogens with one attached hydrogen (secondary N) is 2. The zero-order valence-electron chi connectivity index (χ0n) is 13.8. The third-order valence-corrected chi connectivity index (χ3v) is 4.12. The van der Waals surface area contributed by atoms with Crippen molar-refractivity contribution < 1.29 is 9.53 Å². The van der Waals surface area contributed by atoms with Gasteiger partial charge in [-0.3, -0.25) is 4.79 Å². The highest BCUT2D eigenvalue weighted by Crippen LogP contribution is 2.28. The molecule has 0 saturated heterocycles. The summed E-state index contributed by atoms with van der Waals surface area (Å²) in [6, 6.07) is 13.7. The van der Waals surface area contributed by atoms with Crippen molar-refractivity contribution in [2.45, 2.75) is 6.92 Å². The Morgan fingerprint density at radius 2 is 2.08 bits per heavy atom. The number of rotatable bonds is 5. The quantitative estimate of drug-likeness (QED) is 0.594. The molecule has 0 spiro atoms. The Morgan fingerprint density at radius 1 is 1.28 bits per heavy atom. The second kappa shape index (κ2) is 7.98. The van der Waals surface area contributed by atoms with E-state index in [1.165, 1.54) is 5.56 Å². The number of ether oxygens (including phenoxy) is 1. The zero-order valence-corrected chi connectivity index (χ0v) is 15.3. The van der Waals surface area contributed by atoms with Gasteiger partial charge in [-0.05, 0) is 43.3 Å². The Hall–Kier alpha value is -2.60. The number of halogens is 1. The molecule has 3 rings (SSSR count). The maximum absolute atomic E-state index is 11.8. The Labute approximate surface area is 154 Å². The van der Waals surface area contributed by atoms with Crippen molar-refractivity contribution in [1.82, 2.24) is 5.43 Å². The molecule has 0 aliphatic carbocycles. The first-order valence-corrected chi connectivity index (χ1v) is 8.65. The fourth-order valence-corrected chi connectivity index (χ4v) is 2.70. The van der Waals surface area contributed by atoms with Crippen LogP contribution in [0.3, 0.4) is 0 Å². The van der Waals surface area contributed by atoms with Gasteiger partial charge >= 0.3 is 0 Å². The molecule has 0 fully saturated rings. The van der Waals surface area contributed by atoms with Crippen molar-refractivity contribution >= 4 is 39.8 Å². The van der Waals surface area contributed by atoms with Gasteiger partial charge < -0.3 is 10.1 Å². The second-order valence-corrected chi connectivity index (χ2v) is 6.62. The summed E-state index contributed by atoms with van der Waals surface area (Å²) in [5.74, 6) is 0.629. The average Bonchev–Trinajstić information content (AvgIpc) is 2.61. The van der Waals surface area contributed by atoms with Gasteiger partial charge in [0, 0.05) is 21.3 Å². The summed E-state index contributed by atoms with van der Waals surface area (Å²) in [4.78, 5) is 11.8. The van der Waals surface area contributed by atoms with Crippen LogP contribution in [0.2, 0.25) is 0 Å². The molecule has 25 heavy (non-hydrogen) atoms. The van der Waals surface area contributed by atoms with E-state index in [-0.39, 0.29) is 12.5 Å². The van der Waals surface area contributed by atoms with E-state index in [2.05, 4.69) is 31.8 Å². The predicted molar refractivity (Wildman–Crippen MR) is 104 cm³/mol. The monoisotopic (exact) mass is 399 g/mol. The summed E-state index contributed by atoms with van der Waals surface area (Å²) in [7, 11) is 0. The van der Waals surface area contributed by atoms with E-state index < -0.39 is 0 Å². The van der Waals surface area contributed by atoms with E-state index in [0.717, 1.165) is 27.0 Å². The van der Waals surface area contributed by atoms with Crippen LogP contribution in [0.1, 0.15) is 11.1 Å². The molecular formula is C19H18BrN3O2. The Balaban J connectivity index is 1.51. The average molecular weight is 400 g/mol. The molecule has 1 heterocycles. The lowest BCUT2D eigenvalue weighted by Gasteiger charge is -2.15. The van der Waals surface area contributed by atoms with Crippen LogP contribution in [0, 0.1) is 6.92 Å². The van der Waals surface area contributed by atoms with E-state index in [9.17, 15) is 4.79 Å². The van der Waals surface area contributed by atoms with Crippen LogP contribution in [-0.2, 0) is 4.79 Å². The molecule has 1 aliphatic rings. The largest absolute Gasteiger partial charge is 0.488 e. The molecule has 0 atom stereocenters. The van der Waals surface area contributed by atoms with Crippen molar-refractivity contribution in [3.05, 3.63) is 63.6 Å². The van der Waals surface area contributed by atoms with Gasteiger partial charge in [0.2, 0.25) is 0 Å². The van der Waals surface area contributed by atoms with Gasteiger partial charge in [-0.25, -0.2) is 5.43 Å². The van der Waals surface area contributed by atoms with E-state index in [4.69, 9.17) is 4.74 Å². The summed E-state index contributed by atoms with van der Waals surface area (Å²) < 4.78 is 6.64. The molecule has 128 valence electrons. The first kappa shape index (κ1) is 17.2. The molecule has 0 aromatic heterocycles. The minimum absolute atomic E-state index is 0.158. The number of hydrogen-bond acceptors (Lipinski definition) is 4. The van der Waals surface area contributed by atoms with Crippen molar-refractivity contribution in [3.63, 3.8) is 0 Å². The minimum Gasteiger partial charge on any atom is -0.488 e. The predicted octanol–water partition coefficient (Wildman–Crippen LogP) is 3.75. The van der Waals surface area contributed by atoms with Crippen LogP contribution in [0.4, 0.5) is 5.69 Å². The van der Waals surface area contributed by atoms with E-state index >= 15 is 0 Å². The van der Waals surface area contributed by atoms with Gasteiger partial charge in [0.15, 0.2) is 0 Å². The molecule has 2 aromatic carbocycles. The molecule has 0 saturated carbocycles. The number of hydrazone groups is 1. The number of hydrogen-bond donors (Lipinski definition) is 2. The number of carbonyl (C=O) groups excluding carboxylic acids is 1. The Morgan fingerprint density at radius 3 is 2.88 bits per heavy atom. The summed E-state index contributed by atoms with van der Waals surface area (Å²) in [5, 5.41) is 7.04. The van der Waals surface area contributed by atoms with Crippen LogP contribution in [0.15, 0.2) is 57.6 Å². The van der Waals surface area contributed by atoms with E-state index in [0.29, 0.717) is 6.61 Å². The first-order valence-electron chi connectivity index (χ1n) is 7.85. The molecule has 1 amide bonds. The molecule has 0 bridgehead atoms. The van der Waals surface area contributed by atoms with Gasteiger partial charge in [-0.15, -0.1) is 0 Å². The fourth-order valence-electron chi connectivity index (χ4n) is 2.32. The normalized spacial score (nSPS) is 13.0. The lowest BCUT2D eigenvalue weighted by Crippen LogP contribution is -2.26. The third-order valence-electron chi connectivity index (χ3n) is 3.63. The van der Waals surface area contributed by atoms with Gasteiger partial charge in [0.1, 0.15) is 12.4 Å². The lowest BCUT2D eigenvalue weighted by atomic mass is 10.1. The highest BCUT2D eigenvalue weighted by molar-refractivity contribution is 9.10. The molecule has 2 N–H and O–H groups in total. The molecular weight excluding hydrogens is 382 g/mol. The summed E-state index contributed by atoms with van der Waals surface area (Å²) >= 11 is 3.44. The van der Waals surface area contributed by atoms with Gasteiger partial charge in [0.25, 0.3) is 5.91 Å². The summed E-state index contributed by atoms with van der Waals surface area (Å²) in [6.45, 7) is 2.60. The standard InChI is InChI=1S/C19H18BrN3O2/c1-13-2-5-17(6-3-13)21-11-19(24)23-22-10-14-8-15-9-16(20)4-7-18(15)25-12-14/h2-10,21H,11-12H2,1H3,(H,23,24)/b22-10+. The molecule has 6 heteroatoms. The summed E-state index contributed by atoms with van der Waals surface area (Å²) in [5.41, 5.74) is 6.45. The highest BCUT2D eigenvalue weighted by Gasteiger charge is 2.10. The SMILES string of the molecule is Cc1ccc(NCC(=O)N/N=C/C2=Cc3cc(Br)ccc3OC2)cc1. The maximum Gasteiger partial charge on any atom is 0.259 e. The highest BCUT2D eigenvalue weighted by atomic mass is 79.9. The minimum atomic E-state index is -0.211. The van der Waals surface area contributed by atoms with Crippen molar-refractivity contribution in [2.24, 2.45) is 5.10 Å². The van der Waals surface area contributed by atoms with Crippen LogP contribution >= 0.6 is 15.9 Å². The molecule has 1 aliphatic heterocycles. The number of anilines is 1. The van der Waals surface area contributed by atoms with E-state index in [1.54, 1.807) is 6.21 Å². The van der Waals surface area contributed by atoms with Crippen LogP contribution < -0.4 is 15.5 Å². The van der Waals surface area contributed by atoms with Crippen molar-refractivity contribution in [3.8, 4) is 5.75 Å². The number of aryl methyl sites for hydroxylation is 1. The zero-order chi connectivity index (χ0) is 17.6. The van der Waals surface area contributed by atoms with Crippen molar-refractivity contribution in [2.75, 3.05) is 18.5 Å². The van der Waals surface area contributed by atoms with Crippen LogP contribution in [0.5, 0.6) is 5.75 Å². The second-order valence-electron chi connectivity index (χ2n) is 5.70. The van der Waals surface area contributed by atoms with Crippen LogP contribution in [-0.4, -0.2) is 25.3 Å². The third kappa shape index (κ3) is 4.93. The van der Waals surface area contributed by atoms with Crippen LogP contribution in [0.25, 0.3) is 6.08 Å². The smallest absolute Gasteiger partial charge is 0.259 e. The lowest BCUT2D eigenvalue weighted by molar-refractivity contribution is -0.119. The van der Waals surface area contributed by atoms with Gasteiger partial charge in [0.05, 0.1) is 12.8 Å². The van der Waals surface area contributed by atoms with Gasteiger partial charge in [-0.1, -0.05) is 33.6 Å². The molecule has 5 nitrogen and oxygen atoms in total. The number of benzene rings is 2. The number of fused-ring (bicyclic) bond motifs is 1. The first-order chi connectivity index (χ1) is 12.1. The molecule has 2 aromatic rings. The summed E-state index contributed by atoms with van der Waals surface area (Å²) in [6.07, 6.45) is 3.59. The van der Waals surface area contributed by atoms with Gasteiger partial charge in [-0.2, -0.15) is 5.10 Å². The van der Waals surface area contributed by atoms with Crippen molar-refractivity contribution in [1.29, 1.82) is 0 Å². The topological polar surface area (TPSA) is 62.7 Å². The Bertz CT molecular complexity index is 829. The van der Waals surface area contributed by atoms with E-state index in [1.807, 2.05) is 55.5 Å². The molecule has 0 radical (unpaired) electrons. The molecule has 0 unspecified atom stereocenters. The maximum atomic E-state index is 11.8. The fraction of sp³-hybridized carbons (Fsp3) is 0.158. The number of carbonyl (C=O) groups is 1. The number of nitrogens with zero attached hydrogens (tertiary/aromatic N) is 1. The Kier molecular flexibility index (Phi) is 5.50. The number of amides is 1.